The number of carbonyl (C=O) groups excluding carboxylic acids is 1. The average Bonchev–Trinajstić information content (AvgIpc) is 3.50. The first-order chi connectivity index (χ1) is 16.1. The normalized spacial score (nSPS) is 18.1. The first-order valence-corrected chi connectivity index (χ1v) is 12.7. The molecule has 33 heavy (non-hydrogen) atoms. The molecule has 174 valence electrons. The summed E-state index contributed by atoms with van der Waals surface area (Å²) in [4.78, 5) is 19.3. The number of fused-ring (bicyclic) bond motifs is 1. The SMILES string of the molecule is CCN1CCN([C@H](c2ccc(F)cc2)c2c(NC(=O)c3ccco3)sc3c2CCCC3)CC1. The molecule has 1 aromatic carbocycles. The number of thiophene rings is 1. The molecular weight excluding hydrogens is 437 g/mol. The van der Waals surface area contributed by atoms with E-state index in [1.807, 2.05) is 12.1 Å². The van der Waals surface area contributed by atoms with Gasteiger partial charge in [-0.25, -0.2) is 4.39 Å². The number of nitrogens with zero attached hydrogens (tertiary/aromatic N) is 2. The minimum Gasteiger partial charge on any atom is -0.459 e. The van der Waals surface area contributed by atoms with Crippen LogP contribution in [-0.4, -0.2) is 48.4 Å². The summed E-state index contributed by atoms with van der Waals surface area (Å²) in [5.41, 5.74) is 3.63. The maximum Gasteiger partial charge on any atom is 0.291 e. The Morgan fingerprint density at radius 1 is 1.12 bits per heavy atom. The Balaban J connectivity index is 1.58. The number of nitrogens with one attached hydrogen (secondary N) is 1. The van der Waals surface area contributed by atoms with Gasteiger partial charge in [-0.05, 0) is 67.6 Å². The standard InChI is InChI=1S/C26H30FN3O2S/c1-2-29-13-15-30(16-14-29)24(18-9-11-19(27)12-10-18)23-20-6-3-4-8-22(20)33-26(23)28-25(31)21-7-5-17-32-21/h5,7,9-12,17,24H,2-4,6,8,13-16H2,1H3,(H,28,31)/t24-/m1/s1. The molecule has 0 unspecified atom stereocenters. The maximum absolute atomic E-state index is 13.8. The molecule has 0 spiro atoms. The fourth-order valence-corrected chi connectivity index (χ4v) is 6.40. The third kappa shape index (κ3) is 4.63. The zero-order valence-electron chi connectivity index (χ0n) is 19.0. The van der Waals surface area contributed by atoms with Crippen LogP contribution in [-0.2, 0) is 12.8 Å². The van der Waals surface area contributed by atoms with E-state index in [0.29, 0.717) is 5.76 Å². The van der Waals surface area contributed by atoms with Crippen LogP contribution in [0, 0.1) is 5.82 Å². The van der Waals surface area contributed by atoms with Gasteiger partial charge in [-0.3, -0.25) is 9.69 Å². The third-order valence-electron chi connectivity index (χ3n) is 6.86. The van der Waals surface area contributed by atoms with Gasteiger partial charge < -0.3 is 14.6 Å². The topological polar surface area (TPSA) is 48.7 Å². The molecule has 5 rings (SSSR count). The lowest BCUT2D eigenvalue weighted by atomic mass is 9.88. The van der Waals surface area contributed by atoms with Gasteiger partial charge >= 0.3 is 0 Å². The molecule has 7 heteroatoms. The van der Waals surface area contributed by atoms with Crippen molar-refractivity contribution in [2.75, 3.05) is 38.0 Å². The van der Waals surface area contributed by atoms with E-state index in [2.05, 4.69) is 22.0 Å². The second-order valence-corrected chi connectivity index (χ2v) is 9.91. The van der Waals surface area contributed by atoms with Crippen LogP contribution in [0.4, 0.5) is 9.39 Å². The molecule has 1 N–H and O–H groups in total. The summed E-state index contributed by atoms with van der Waals surface area (Å²) in [5.74, 6) is -0.150. The molecule has 0 bridgehead atoms. The number of furan rings is 1. The molecule has 5 nitrogen and oxygen atoms in total. The zero-order chi connectivity index (χ0) is 22.8. The summed E-state index contributed by atoms with van der Waals surface area (Å²) >= 11 is 1.70. The highest BCUT2D eigenvalue weighted by Gasteiger charge is 2.33. The lowest BCUT2D eigenvalue weighted by Crippen LogP contribution is -2.47. The van der Waals surface area contributed by atoms with E-state index in [4.69, 9.17) is 4.42 Å². The van der Waals surface area contributed by atoms with E-state index in [-0.39, 0.29) is 17.8 Å². The van der Waals surface area contributed by atoms with Crippen molar-refractivity contribution >= 4 is 22.2 Å². The van der Waals surface area contributed by atoms with E-state index in [1.54, 1.807) is 35.6 Å². The van der Waals surface area contributed by atoms with Crippen molar-refractivity contribution in [1.29, 1.82) is 0 Å². The Kier molecular flexibility index (Phi) is 6.62. The van der Waals surface area contributed by atoms with Crippen LogP contribution in [0.25, 0.3) is 0 Å². The number of benzene rings is 1. The number of amides is 1. The highest BCUT2D eigenvalue weighted by molar-refractivity contribution is 7.16. The molecule has 1 aliphatic heterocycles. The second-order valence-electron chi connectivity index (χ2n) is 8.81. The van der Waals surface area contributed by atoms with E-state index in [9.17, 15) is 9.18 Å². The highest BCUT2D eigenvalue weighted by Crippen LogP contribution is 2.45. The van der Waals surface area contributed by atoms with Crippen LogP contribution in [0.3, 0.4) is 0 Å². The molecule has 1 amide bonds. The number of halogens is 1. The first-order valence-electron chi connectivity index (χ1n) is 11.8. The number of carbonyl (C=O) groups is 1. The van der Waals surface area contributed by atoms with Crippen LogP contribution < -0.4 is 5.32 Å². The molecule has 1 atom stereocenters. The maximum atomic E-state index is 13.8. The lowest BCUT2D eigenvalue weighted by Gasteiger charge is -2.40. The minimum atomic E-state index is -0.230. The van der Waals surface area contributed by atoms with Crippen molar-refractivity contribution in [1.82, 2.24) is 9.80 Å². The highest BCUT2D eigenvalue weighted by atomic mass is 32.1. The predicted molar refractivity (Wildman–Crippen MR) is 130 cm³/mol. The minimum absolute atomic E-state index is 0.0189. The number of rotatable bonds is 6. The Morgan fingerprint density at radius 2 is 1.88 bits per heavy atom. The fraction of sp³-hybridized carbons (Fsp3) is 0.423. The summed E-state index contributed by atoms with van der Waals surface area (Å²) < 4.78 is 19.2. The van der Waals surface area contributed by atoms with Gasteiger partial charge in [0.05, 0.1) is 12.3 Å². The number of anilines is 1. The first kappa shape index (κ1) is 22.3. The largest absolute Gasteiger partial charge is 0.459 e. The molecule has 1 fully saturated rings. The van der Waals surface area contributed by atoms with E-state index >= 15 is 0 Å². The summed E-state index contributed by atoms with van der Waals surface area (Å²) in [7, 11) is 0. The van der Waals surface area contributed by atoms with Crippen LogP contribution in [0.1, 0.15) is 57.9 Å². The Hall–Kier alpha value is -2.48. The van der Waals surface area contributed by atoms with Gasteiger partial charge in [-0.1, -0.05) is 19.1 Å². The molecule has 3 aromatic rings. The van der Waals surface area contributed by atoms with Gasteiger partial charge in [0.2, 0.25) is 0 Å². The second kappa shape index (κ2) is 9.79. The van der Waals surface area contributed by atoms with Gasteiger partial charge in [0.1, 0.15) is 10.8 Å². The monoisotopic (exact) mass is 467 g/mol. The Labute approximate surface area is 198 Å². The Morgan fingerprint density at radius 3 is 2.58 bits per heavy atom. The number of piperazine rings is 1. The van der Waals surface area contributed by atoms with Crippen molar-refractivity contribution in [2.24, 2.45) is 0 Å². The predicted octanol–water partition coefficient (Wildman–Crippen LogP) is 5.34. The third-order valence-corrected chi connectivity index (χ3v) is 8.09. The fourth-order valence-electron chi connectivity index (χ4n) is 5.09. The van der Waals surface area contributed by atoms with E-state index < -0.39 is 0 Å². The number of hydrogen-bond donors (Lipinski definition) is 1. The molecule has 0 saturated carbocycles. The molecule has 1 saturated heterocycles. The van der Waals surface area contributed by atoms with Crippen molar-refractivity contribution in [3.63, 3.8) is 0 Å². The van der Waals surface area contributed by atoms with Gasteiger partial charge in [-0.2, -0.15) is 0 Å². The summed E-state index contributed by atoms with van der Waals surface area (Å²) in [6, 6.07) is 10.3. The lowest BCUT2D eigenvalue weighted by molar-refractivity contribution is 0.0995. The zero-order valence-corrected chi connectivity index (χ0v) is 19.8. The molecule has 3 heterocycles. The van der Waals surface area contributed by atoms with Crippen LogP contribution in [0.2, 0.25) is 0 Å². The summed E-state index contributed by atoms with van der Waals surface area (Å²) in [6.45, 7) is 7.14. The summed E-state index contributed by atoms with van der Waals surface area (Å²) in [6.07, 6.45) is 5.91. The van der Waals surface area contributed by atoms with Crippen molar-refractivity contribution < 1.29 is 13.6 Å². The summed E-state index contributed by atoms with van der Waals surface area (Å²) in [5, 5.41) is 4.06. The van der Waals surface area contributed by atoms with Gasteiger partial charge in [0.15, 0.2) is 5.76 Å². The Bertz CT molecular complexity index is 1090. The molecule has 2 aliphatic rings. The number of likely N-dealkylation sites (N-methyl/N-ethyl adjacent to an activating group) is 1. The van der Waals surface area contributed by atoms with Crippen molar-refractivity contribution in [3.05, 3.63) is 75.8 Å². The van der Waals surface area contributed by atoms with Gasteiger partial charge in [0, 0.05) is 36.6 Å². The number of hydrogen-bond acceptors (Lipinski definition) is 5. The molecule has 0 radical (unpaired) electrons. The van der Waals surface area contributed by atoms with E-state index in [1.165, 1.54) is 28.7 Å². The molecule has 2 aromatic heterocycles. The smallest absolute Gasteiger partial charge is 0.291 e. The average molecular weight is 468 g/mol. The van der Waals surface area contributed by atoms with Crippen LogP contribution in [0.5, 0.6) is 0 Å². The van der Waals surface area contributed by atoms with Crippen LogP contribution in [0.15, 0.2) is 47.1 Å². The molecular formula is C26H30FN3O2S. The van der Waals surface area contributed by atoms with Crippen molar-refractivity contribution in [3.8, 4) is 0 Å². The quantitative estimate of drug-likeness (QED) is 0.532. The number of aryl methyl sites for hydroxylation is 1. The van der Waals surface area contributed by atoms with Gasteiger partial charge in [-0.15, -0.1) is 11.3 Å². The molecule has 1 aliphatic carbocycles. The van der Waals surface area contributed by atoms with E-state index in [0.717, 1.165) is 62.6 Å². The van der Waals surface area contributed by atoms with Crippen molar-refractivity contribution in [2.45, 2.75) is 38.6 Å². The van der Waals surface area contributed by atoms with Crippen LogP contribution >= 0.6 is 11.3 Å². The van der Waals surface area contributed by atoms with Gasteiger partial charge in [0.25, 0.3) is 5.91 Å².